The van der Waals surface area contributed by atoms with Crippen LogP contribution in [0.1, 0.15) is 12.8 Å². The number of carbonyl (C=O) groups is 2. The van der Waals surface area contributed by atoms with Gasteiger partial charge in [0.25, 0.3) is 0 Å². The molecule has 0 aliphatic carbocycles. The Bertz CT molecular complexity index is 506. The standard InChI is InChI=1S/C13H15BrN2O3/c1-15-8-9(6-7-12(17)18)16(13(15)19)11-5-3-2-4-10(11)14/h2-5,9H,6-8H2,1H3,(H,17,18). The van der Waals surface area contributed by atoms with Crippen LogP contribution in [-0.4, -0.2) is 41.6 Å². The van der Waals surface area contributed by atoms with Gasteiger partial charge in [0, 0.05) is 24.5 Å². The van der Waals surface area contributed by atoms with Gasteiger partial charge >= 0.3 is 12.0 Å². The maximum absolute atomic E-state index is 12.2. The van der Waals surface area contributed by atoms with Gasteiger partial charge in [0.2, 0.25) is 0 Å². The van der Waals surface area contributed by atoms with Gasteiger partial charge in [-0.15, -0.1) is 0 Å². The number of carboxylic acids is 1. The van der Waals surface area contributed by atoms with Crippen LogP contribution in [0.2, 0.25) is 0 Å². The largest absolute Gasteiger partial charge is 0.481 e. The first kappa shape index (κ1) is 13.9. The number of carbonyl (C=O) groups excluding carboxylic acids is 1. The van der Waals surface area contributed by atoms with Gasteiger partial charge in [-0.1, -0.05) is 12.1 Å². The summed E-state index contributed by atoms with van der Waals surface area (Å²) in [4.78, 5) is 26.2. The summed E-state index contributed by atoms with van der Waals surface area (Å²) in [6.07, 6.45) is 0.513. The zero-order valence-corrected chi connectivity index (χ0v) is 12.1. The molecule has 2 rings (SSSR count). The molecule has 1 aromatic rings. The van der Waals surface area contributed by atoms with Crippen molar-refractivity contribution in [2.45, 2.75) is 18.9 Å². The van der Waals surface area contributed by atoms with Crippen LogP contribution in [0, 0.1) is 0 Å². The second kappa shape index (κ2) is 5.61. The smallest absolute Gasteiger partial charge is 0.324 e. The van der Waals surface area contributed by atoms with Gasteiger partial charge < -0.3 is 10.0 Å². The molecule has 1 atom stereocenters. The Hall–Kier alpha value is -1.56. The Morgan fingerprint density at radius 2 is 2.16 bits per heavy atom. The van der Waals surface area contributed by atoms with E-state index < -0.39 is 5.97 Å². The number of benzene rings is 1. The van der Waals surface area contributed by atoms with Gasteiger partial charge in [-0.25, -0.2) is 4.79 Å². The molecule has 0 aromatic heterocycles. The second-order valence-electron chi connectivity index (χ2n) is 4.57. The van der Waals surface area contributed by atoms with Gasteiger partial charge in [0.1, 0.15) is 0 Å². The molecule has 2 amide bonds. The lowest BCUT2D eigenvalue weighted by atomic mass is 10.1. The molecule has 1 unspecified atom stereocenters. The Morgan fingerprint density at radius 1 is 1.47 bits per heavy atom. The number of carboxylic acid groups (broad SMARTS) is 1. The molecule has 0 radical (unpaired) electrons. The zero-order chi connectivity index (χ0) is 14.0. The number of para-hydroxylation sites is 1. The van der Waals surface area contributed by atoms with Crippen LogP contribution in [0.15, 0.2) is 28.7 Å². The third-order valence-electron chi connectivity index (χ3n) is 3.19. The van der Waals surface area contributed by atoms with E-state index in [4.69, 9.17) is 5.11 Å². The lowest BCUT2D eigenvalue weighted by molar-refractivity contribution is -0.137. The average Bonchev–Trinajstić information content (AvgIpc) is 2.64. The van der Waals surface area contributed by atoms with E-state index in [1.807, 2.05) is 24.3 Å². The van der Waals surface area contributed by atoms with Crippen molar-refractivity contribution in [2.75, 3.05) is 18.5 Å². The van der Waals surface area contributed by atoms with E-state index in [0.29, 0.717) is 13.0 Å². The molecule has 0 bridgehead atoms. The van der Waals surface area contributed by atoms with Crippen LogP contribution in [0.3, 0.4) is 0 Å². The predicted octanol–water partition coefficient (Wildman–Crippen LogP) is 2.55. The van der Waals surface area contributed by atoms with E-state index in [0.717, 1.165) is 10.2 Å². The van der Waals surface area contributed by atoms with Crippen molar-refractivity contribution in [3.05, 3.63) is 28.7 Å². The summed E-state index contributed by atoms with van der Waals surface area (Å²) in [6.45, 7) is 0.549. The number of hydrogen-bond acceptors (Lipinski definition) is 2. The van der Waals surface area contributed by atoms with Crippen molar-refractivity contribution in [3.63, 3.8) is 0 Å². The number of hydrogen-bond donors (Lipinski definition) is 1. The van der Waals surface area contributed by atoms with Crippen molar-refractivity contribution >= 4 is 33.6 Å². The maximum atomic E-state index is 12.2. The summed E-state index contributed by atoms with van der Waals surface area (Å²) in [5, 5.41) is 8.79. The molecule has 0 spiro atoms. The fourth-order valence-corrected chi connectivity index (χ4v) is 2.75. The molecular weight excluding hydrogens is 312 g/mol. The quantitative estimate of drug-likeness (QED) is 0.924. The molecule has 5 nitrogen and oxygen atoms in total. The molecule has 1 N–H and O–H groups in total. The third-order valence-corrected chi connectivity index (χ3v) is 3.86. The van der Waals surface area contributed by atoms with E-state index in [2.05, 4.69) is 15.9 Å². The number of amides is 2. The maximum Gasteiger partial charge on any atom is 0.324 e. The van der Waals surface area contributed by atoms with E-state index in [1.54, 1.807) is 16.8 Å². The molecule has 1 aliphatic heterocycles. The Labute approximate surface area is 119 Å². The highest BCUT2D eigenvalue weighted by Crippen LogP contribution is 2.32. The highest BCUT2D eigenvalue weighted by Gasteiger charge is 2.36. The summed E-state index contributed by atoms with van der Waals surface area (Å²) >= 11 is 3.43. The predicted molar refractivity (Wildman–Crippen MR) is 75.3 cm³/mol. The highest BCUT2D eigenvalue weighted by atomic mass is 79.9. The normalized spacial score (nSPS) is 19.1. The first-order valence-corrected chi connectivity index (χ1v) is 6.80. The fourth-order valence-electron chi connectivity index (χ4n) is 2.27. The topological polar surface area (TPSA) is 60.9 Å². The van der Waals surface area contributed by atoms with Gasteiger partial charge in [-0.05, 0) is 34.5 Å². The zero-order valence-electron chi connectivity index (χ0n) is 10.5. The molecule has 1 aliphatic rings. The molecule has 1 heterocycles. The van der Waals surface area contributed by atoms with Crippen LogP contribution < -0.4 is 4.90 Å². The highest BCUT2D eigenvalue weighted by molar-refractivity contribution is 9.10. The van der Waals surface area contributed by atoms with Crippen LogP contribution in [0.5, 0.6) is 0 Å². The summed E-state index contributed by atoms with van der Waals surface area (Å²) in [6, 6.07) is 7.27. The molecule has 1 saturated heterocycles. The SMILES string of the molecule is CN1CC(CCC(=O)O)N(c2ccccc2Br)C1=O. The van der Waals surface area contributed by atoms with E-state index in [1.165, 1.54) is 0 Å². The van der Waals surface area contributed by atoms with Crippen molar-refractivity contribution in [3.8, 4) is 0 Å². The molecule has 6 heteroatoms. The summed E-state index contributed by atoms with van der Waals surface area (Å²) in [5.74, 6) is -0.839. The minimum absolute atomic E-state index is 0.0622. The summed E-state index contributed by atoms with van der Waals surface area (Å²) in [5.41, 5.74) is 0.784. The van der Waals surface area contributed by atoms with Gasteiger partial charge in [0.05, 0.1) is 11.7 Å². The molecule has 1 aromatic carbocycles. The molecule has 0 saturated carbocycles. The Balaban J connectivity index is 2.26. The number of urea groups is 1. The Kier molecular flexibility index (Phi) is 4.09. The van der Waals surface area contributed by atoms with Gasteiger partial charge in [-0.3, -0.25) is 9.69 Å². The van der Waals surface area contributed by atoms with Crippen LogP contribution in [-0.2, 0) is 4.79 Å². The van der Waals surface area contributed by atoms with E-state index in [9.17, 15) is 9.59 Å². The number of anilines is 1. The van der Waals surface area contributed by atoms with Crippen molar-refractivity contribution < 1.29 is 14.7 Å². The minimum Gasteiger partial charge on any atom is -0.481 e. The van der Waals surface area contributed by atoms with Crippen LogP contribution in [0.25, 0.3) is 0 Å². The molecular formula is C13H15BrN2O3. The first-order chi connectivity index (χ1) is 9.00. The lowest BCUT2D eigenvalue weighted by Gasteiger charge is -2.23. The number of halogens is 1. The number of likely N-dealkylation sites (N-methyl/N-ethyl adjacent to an activating group) is 1. The minimum atomic E-state index is -0.839. The molecule has 1 fully saturated rings. The summed E-state index contributed by atoms with van der Waals surface area (Å²) < 4.78 is 0.832. The van der Waals surface area contributed by atoms with E-state index >= 15 is 0 Å². The van der Waals surface area contributed by atoms with Gasteiger partial charge in [0.15, 0.2) is 0 Å². The number of aliphatic carboxylic acids is 1. The van der Waals surface area contributed by atoms with Crippen molar-refractivity contribution in [2.24, 2.45) is 0 Å². The van der Waals surface area contributed by atoms with Crippen molar-refractivity contribution in [1.82, 2.24) is 4.90 Å². The average molecular weight is 327 g/mol. The monoisotopic (exact) mass is 326 g/mol. The van der Waals surface area contributed by atoms with E-state index in [-0.39, 0.29) is 18.5 Å². The molecule has 19 heavy (non-hydrogen) atoms. The second-order valence-corrected chi connectivity index (χ2v) is 5.43. The first-order valence-electron chi connectivity index (χ1n) is 6.01. The van der Waals surface area contributed by atoms with Gasteiger partial charge in [-0.2, -0.15) is 0 Å². The molecule has 102 valence electrons. The fraction of sp³-hybridized carbons (Fsp3) is 0.385. The van der Waals surface area contributed by atoms with Crippen LogP contribution in [0.4, 0.5) is 10.5 Å². The van der Waals surface area contributed by atoms with Crippen LogP contribution >= 0.6 is 15.9 Å². The Morgan fingerprint density at radius 3 is 2.79 bits per heavy atom. The van der Waals surface area contributed by atoms with Crippen molar-refractivity contribution in [1.29, 1.82) is 0 Å². The number of rotatable bonds is 4. The lowest BCUT2D eigenvalue weighted by Crippen LogP contribution is -2.35. The third kappa shape index (κ3) is 2.89. The summed E-state index contributed by atoms with van der Waals surface area (Å²) in [7, 11) is 1.73. The number of nitrogens with zero attached hydrogens (tertiary/aromatic N) is 2.